The summed E-state index contributed by atoms with van der Waals surface area (Å²) in [5, 5.41) is 10.1. The first-order valence-electron chi connectivity index (χ1n) is 8.09. The second-order valence-electron chi connectivity index (χ2n) is 6.34. The molecule has 1 aliphatic rings. The summed E-state index contributed by atoms with van der Waals surface area (Å²) in [6.07, 6.45) is 0.699. The highest BCUT2D eigenvalue weighted by Crippen LogP contribution is 2.27. The summed E-state index contributed by atoms with van der Waals surface area (Å²) in [4.78, 5) is 28.9. The molecule has 0 spiro atoms. The number of benzene rings is 1. The minimum atomic E-state index is -0.891. The first-order chi connectivity index (χ1) is 11.5. The molecule has 2 aromatic rings. The van der Waals surface area contributed by atoms with Crippen LogP contribution in [0, 0.1) is 6.92 Å². The van der Waals surface area contributed by atoms with E-state index < -0.39 is 5.97 Å². The van der Waals surface area contributed by atoms with Gasteiger partial charge in [0.2, 0.25) is 5.91 Å². The van der Waals surface area contributed by atoms with E-state index >= 15 is 0 Å². The van der Waals surface area contributed by atoms with Gasteiger partial charge < -0.3 is 19.7 Å². The SMILES string of the molecule is COC1CC(CC(=O)O)N(C(=O)Cc2c(C)[nH]c3ccccc23)C1. The molecule has 6 heteroatoms. The molecule has 24 heavy (non-hydrogen) atoms. The van der Waals surface area contributed by atoms with Crippen molar-refractivity contribution in [1.82, 2.24) is 9.88 Å². The Balaban J connectivity index is 1.82. The maximum atomic E-state index is 12.8. The number of aryl methyl sites for hydroxylation is 1. The summed E-state index contributed by atoms with van der Waals surface area (Å²) in [5.74, 6) is -0.938. The second kappa shape index (κ2) is 6.65. The van der Waals surface area contributed by atoms with E-state index in [4.69, 9.17) is 9.84 Å². The van der Waals surface area contributed by atoms with Gasteiger partial charge in [-0.1, -0.05) is 18.2 Å². The molecule has 128 valence electrons. The number of carbonyl (C=O) groups excluding carboxylic acids is 1. The van der Waals surface area contributed by atoms with Gasteiger partial charge in [0, 0.05) is 36.3 Å². The van der Waals surface area contributed by atoms with Crippen molar-refractivity contribution >= 4 is 22.8 Å². The number of hydrogen-bond acceptors (Lipinski definition) is 3. The number of para-hydroxylation sites is 1. The van der Waals surface area contributed by atoms with Gasteiger partial charge in [-0.2, -0.15) is 0 Å². The summed E-state index contributed by atoms with van der Waals surface area (Å²) in [6, 6.07) is 7.59. The Hall–Kier alpha value is -2.34. The number of H-pyrrole nitrogens is 1. The quantitative estimate of drug-likeness (QED) is 0.879. The largest absolute Gasteiger partial charge is 0.481 e. The van der Waals surface area contributed by atoms with Crippen LogP contribution in [-0.2, 0) is 20.7 Å². The normalized spacial score (nSPS) is 20.7. The van der Waals surface area contributed by atoms with Crippen LogP contribution in [-0.4, -0.2) is 52.7 Å². The van der Waals surface area contributed by atoms with Crippen molar-refractivity contribution in [3.63, 3.8) is 0 Å². The lowest BCUT2D eigenvalue weighted by molar-refractivity contribution is -0.139. The van der Waals surface area contributed by atoms with Crippen LogP contribution in [0.2, 0.25) is 0 Å². The zero-order chi connectivity index (χ0) is 17.3. The van der Waals surface area contributed by atoms with Crippen molar-refractivity contribution in [2.45, 2.75) is 38.3 Å². The molecule has 1 aliphatic heterocycles. The number of aliphatic carboxylic acids is 1. The third-order valence-electron chi connectivity index (χ3n) is 4.80. The Morgan fingerprint density at radius 2 is 2.12 bits per heavy atom. The number of carboxylic acids is 1. The average molecular weight is 330 g/mol. The molecule has 0 saturated carbocycles. The smallest absolute Gasteiger partial charge is 0.305 e. The van der Waals surface area contributed by atoms with Gasteiger partial charge in [-0.15, -0.1) is 0 Å². The Labute approximate surface area is 140 Å². The number of likely N-dealkylation sites (tertiary alicyclic amines) is 1. The number of fused-ring (bicyclic) bond motifs is 1. The van der Waals surface area contributed by atoms with Crippen LogP contribution in [0.15, 0.2) is 24.3 Å². The molecule has 0 bridgehead atoms. The highest BCUT2D eigenvalue weighted by atomic mass is 16.5. The minimum absolute atomic E-state index is 0.0432. The Morgan fingerprint density at radius 1 is 1.38 bits per heavy atom. The molecular formula is C18H22N2O4. The monoisotopic (exact) mass is 330 g/mol. The highest BCUT2D eigenvalue weighted by Gasteiger charge is 2.36. The van der Waals surface area contributed by atoms with E-state index in [2.05, 4.69) is 4.98 Å². The Bertz CT molecular complexity index is 767. The molecule has 2 N–H and O–H groups in total. The molecule has 1 aromatic heterocycles. The van der Waals surface area contributed by atoms with Gasteiger partial charge in [0.25, 0.3) is 0 Å². The first-order valence-corrected chi connectivity index (χ1v) is 8.09. The van der Waals surface area contributed by atoms with Gasteiger partial charge in [-0.25, -0.2) is 0 Å². The maximum Gasteiger partial charge on any atom is 0.305 e. The van der Waals surface area contributed by atoms with Gasteiger partial charge in [-0.3, -0.25) is 9.59 Å². The van der Waals surface area contributed by atoms with Crippen LogP contribution in [0.25, 0.3) is 10.9 Å². The van der Waals surface area contributed by atoms with Gasteiger partial charge >= 0.3 is 5.97 Å². The van der Waals surface area contributed by atoms with Gasteiger partial charge in [0.1, 0.15) is 0 Å². The van der Waals surface area contributed by atoms with E-state index in [1.54, 1.807) is 12.0 Å². The number of nitrogens with one attached hydrogen (secondary N) is 1. The molecule has 2 heterocycles. The van der Waals surface area contributed by atoms with E-state index in [0.29, 0.717) is 13.0 Å². The molecule has 2 unspecified atom stereocenters. The molecule has 3 rings (SSSR count). The van der Waals surface area contributed by atoms with Crippen molar-refractivity contribution < 1.29 is 19.4 Å². The van der Waals surface area contributed by atoms with Crippen LogP contribution < -0.4 is 0 Å². The summed E-state index contributed by atoms with van der Waals surface area (Å²) < 4.78 is 5.34. The van der Waals surface area contributed by atoms with Crippen LogP contribution in [0.4, 0.5) is 0 Å². The van der Waals surface area contributed by atoms with Crippen LogP contribution in [0.3, 0.4) is 0 Å². The van der Waals surface area contributed by atoms with Gasteiger partial charge in [0.15, 0.2) is 0 Å². The molecule has 6 nitrogen and oxygen atoms in total. The van der Waals surface area contributed by atoms with Crippen LogP contribution in [0.1, 0.15) is 24.1 Å². The number of nitrogens with zero attached hydrogens (tertiary/aromatic N) is 1. The lowest BCUT2D eigenvalue weighted by atomic mass is 10.1. The van der Waals surface area contributed by atoms with E-state index in [-0.39, 0.29) is 30.9 Å². The first kappa shape index (κ1) is 16.5. The van der Waals surface area contributed by atoms with Gasteiger partial charge in [0.05, 0.1) is 18.9 Å². The zero-order valence-corrected chi connectivity index (χ0v) is 13.9. The predicted molar refractivity (Wildman–Crippen MR) is 89.9 cm³/mol. The zero-order valence-electron chi connectivity index (χ0n) is 13.9. The minimum Gasteiger partial charge on any atom is -0.481 e. The van der Waals surface area contributed by atoms with E-state index in [0.717, 1.165) is 22.2 Å². The van der Waals surface area contributed by atoms with Crippen LogP contribution in [0.5, 0.6) is 0 Å². The molecule has 1 fully saturated rings. The molecule has 0 aliphatic carbocycles. The number of methoxy groups -OCH3 is 1. The third kappa shape index (κ3) is 3.14. The van der Waals surface area contributed by atoms with E-state index in [1.165, 1.54) is 0 Å². The molecule has 1 amide bonds. The number of ether oxygens (including phenoxy) is 1. The highest BCUT2D eigenvalue weighted by molar-refractivity contribution is 5.90. The van der Waals surface area contributed by atoms with Crippen molar-refractivity contribution in [2.24, 2.45) is 0 Å². The average Bonchev–Trinajstić information content (AvgIpc) is 3.08. The lowest BCUT2D eigenvalue weighted by Gasteiger charge is -2.23. The summed E-state index contributed by atoms with van der Waals surface area (Å²) in [5.41, 5.74) is 2.96. The van der Waals surface area contributed by atoms with Crippen LogP contribution >= 0.6 is 0 Å². The summed E-state index contributed by atoms with van der Waals surface area (Å²) in [7, 11) is 1.60. The molecule has 1 aromatic carbocycles. The fourth-order valence-corrected chi connectivity index (χ4v) is 3.56. The fourth-order valence-electron chi connectivity index (χ4n) is 3.56. The topological polar surface area (TPSA) is 82.6 Å². The van der Waals surface area contributed by atoms with Crippen molar-refractivity contribution in [1.29, 1.82) is 0 Å². The third-order valence-corrected chi connectivity index (χ3v) is 4.80. The number of amides is 1. The summed E-state index contributed by atoms with van der Waals surface area (Å²) in [6.45, 7) is 2.41. The molecule has 1 saturated heterocycles. The van der Waals surface area contributed by atoms with Crippen molar-refractivity contribution in [3.05, 3.63) is 35.5 Å². The Morgan fingerprint density at radius 3 is 2.83 bits per heavy atom. The Kier molecular flexibility index (Phi) is 4.57. The predicted octanol–water partition coefficient (Wildman–Crippen LogP) is 2.11. The second-order valence-corrected chi connectivity index (χ2v) is 6.34. The van der Waals surface area contributed by atoms with Gasteiger partial charge in [-0.05, 0) is 25.0 Å². The van der Waals surface area contributed by atoms with Crippen molar-refractivity contribution in [2.75, 3.05) is 13.7 Å². The number of rotatable bonds is 5. The maximum absolute atomic E-state index is 12.8. The number of hydrogen-bond donors (Lipinski definition) is 2. The van der Waals surface area contributed by atoms with E-state index in [1.807, 2.05) is 31.2 Å². The lowest BCUT2D eigenvalue weighted by Crippen LogP contribution is -2.38. The molecule has 0 radical (unpaired) electrons. The van der Waals surface area contributed by atoms with E-state index in [9.17, 15) is 9.59 Å². The standard InChI is InChI=1S/C18H22N2O4/c1-11-15(14-5-3-4-6-16(14)19-11)9-17(21)20-10-13(24-2)7-12(20)8-18(22)23/h3-6,12-13,19H,7-10H2,1-2H3,(H,22,23). The number of carboxylic acid groups (broad SMARTS) is 1. The number of aromatic amines is 1. The summed E-state index contributed by atoms with van der Waals surface area (Å²) >= 11 is 0. The molecular weight excluding hydrogens is 308 g/mol. The fraction of sp³-hybridized carbons (Fsp3) is 0.444. The molecule has 2 atom stereocenters. The number of carbonyl (C=O) groups is 2. The van der Waals surface area contributed by atoms with Crippen molar-refractivity contribution in [3.8, 4) is 0 Å². The number of aromatic nitrogens is 1.